The van der Waals surface area contributed by atoms with Crippen LogP contribution in [0.15, 0.2) is 0 Å². The van der Waals surface area contributed by atoms with Gasteiger partial charge in [0.25, 0.3) is 0 Å². The first kappa shape index (κ1) is 38.6. The summed E-state index contributed by atoms with van der Waals surface area (Å²) in [6.07, 6.45) is 2.00. The predicted octanol–water partition coefficient (Wildman–Crippen LogP) is 4.40. The molecular weight excluding hydrogens is 552 g/mol. The SMILES string of the molecule is CC(C)C#CCNC(=O)NCCCCO[C@@H](C)SSC(C)(C)CCOC(=O)NCCOCCOCCNC(C)C. The van der Waals surface area contributed by atoms with E-state index in [1.54, 1.807) is 21.6 Å². The molecule has 0 rings (SSSR count). The molecule has 0 unspecified atom stereocenters. The van der Waals surface area contributed by atoms with Crippen molar-refractivity contribution in [3.8, 4) is 11.8 Å². The Morgan fingerprint density at radius 3 is 2.20 bits per heavy atom. The lowest BCUT2D eigenvalue weighted by molar-refractivity contribution is 0.0489. The summed E-state index contributed by atoms with van der Waals surface area (Å²) in [5.74, 6) is 6.23. The maximum Gasteiger partial charge on any atom is 0.407 e. The van der Waals surface area contributed by atoms with E-state index in [9.17, 15) is 9.59 Å². The average Bonchev–Trinajstić information content (AvgIpc) is 2.88. The van der Waals surface area contributed by atoms with Crippen LogP contribution in [0.1, 0.15) is 67.7 Å². The van der Waals surface area contributed by atoms with Gasteiger partial charge >= 0.3 is 12.1 Å². The van der Waals surface area contributed by atoms with E-state index < -0.39 is 6.09 Å². The summed E-state index contributed by atoms with van der Waals surface area (Å²) in [5, 5.41) is 11.5. The van der Waals surface area contributed by atoms with Gasteiger partial charge in [-0.2, -0.15) is 0 Å². The van der Waals surface area contributed by atoms with Gasteiger partial charge in [-0.15, -0.1) is 0 Å². The maximum atomic E-state index is 11.9. The third kappa shape index (κ3) is 28.2. The number of rotatable bonds is 23. The molecule has 0 saturated carbocycles. The Bertz CT molecular complexity index is 717. The third-order valence-corrected chi connectivity index (χ3v) is 8.58. The van der Waals surface area contributed by atoms with Crippen molar-refractivity contribution in [2.24, 2.45) is 5.92 Å². The molecule has 0 heterocycles. The number of unbranched alkanes of at least 4 members (excludes halogenated alkanes) is 1. The second-order valence-corrected chi connectivity index (χ2v) is 13.5. The first-order chi connectivity index (χ1) is 19.0. The minimum atomic E-state index is -0.434. The summed E-state index contributed by atoms with van der Waals surface area (Å²) < 4.78 is 22.0. The van der Waals surface area contributed by atoms with Crippen LogP contribution in [0, 0.1) is 17.8 Å². The van der Waals surface area contributed by atoms with Crippen LogP contribution in [0.4, 0.5) is 9.59 Å². The van der Waals surface area contributed by atoms with E-state index in [0.29, 0.717) is 71.2 Å². The number of hydrogen-bond acceptors (Lipinski definition) is 9. The van der Waals surface area contributed by atoms with Gasteiger partial charge in [-0.1, -0.05) is 61.1 Å². The van der Waals surface area contributed by atoms with Crippen molar-refractivity contribution in [1.29, 1.82) is 0 Å². The molecule has 0 aromatic rings. The molecule has 0 aliphatic heterocycles. The van der Waals surface area contributed by atoms with Crippen LogP contribution >= 0.6 is 21.6 Å². The molecular formula is C28H54N4O6S2. The van der Waals surface area contributed by atoms with Crippen LogP contribution in [0.25, 0.3) is 0 Å². The highest BCUT2D eigenvalue weighted by molar-refractivity contribution is 8.77. The number of urea groups is 1. The van der Waals surface area contributed by atoms with Crippen molar-refractivity contribution in [1.82, 2.24) is 21.3 Å². The largest absolute Gasteiger partial charge is 0.450 e. The van der Waals surface area contributed by atoms with E-state index >= 15 is 0 Å². The van der Waals surface area contributed by atoms with Gasteiger partial charge in [-0.3, -0.25) is 0 Å². The zero-order valence-electron chi connectivity index (χ0n) is 25.7. The fourth-order valence-electron chi connectivity index (χ4n) is 2.80. The molecule has 0 spiro atoms. The topological polar surface area (TPSA) is 119 Å². The van der Waals surface area contributed by atoms with Gasteiger partial charge in [0.1, 0.15) is 5.44 Å². The minimum absolute atomic E-state index is 0.0337. The molecule has 12 heteroatoms. The number of hydrogen-bond donors (Lipinski definition) is 4. The number of amides is 3. The zero-order valence-corrected chi connectivity index (χ0v) is 27.3. The summed E-state index contributed by atoms with van der Waals surface area (Å²) in [7, 11) is 3.39. The van der Waals surface area contributed by atoms with Crippen LogP contribution in [-0.4, -0.2) is 94.2 Å². The van der Waals surface area contributed by atoms with Crippen LogP contribution < -0.4 is 21.3 Å². The molecule has 0 fully saturated rings. The van der Waals surface area contributed by atoms with Gasteiger partial charge < -0.3 is 40.2 Å². The van der Waals surface area contributed by atoms with Crippen LogP contribution in [-0.2, 0) is 18.9 Å². The number of carbonyl (C=O) groups excluding carboxylic acids is 2. The van der Waals surface area contributed by atoms with E-state index in [0.717, 1.165) is 25.8 Å². The quantitative estimate of drug-likeness (QED) is 0.0581. The van der Waals surface area contributed by atoms with Crippen molar-refractivity contribution < 1.29 is 28.5 Å². The molecule has 0 aromatic carbocycles. The number of nitrogens with one attached hydrogen (secondary N) is 4. The normalized spacial score (nSPS) is 12.1. The summed E-state index contributed by atoms with van der Waals surface area (Å²) in [6, 6.07) is 0.260. The minimum Gasteiger partial charge on any atom is -0.450 e. The Balaban J connectivity index is 3.67. The number of alkyl carbamates (subject to hydrolysis) is 1. The Kier molecular flexibility index (Phi) is 24.5. The van der Waals surface area contributed by atoms with Gasteiger partial charge in [-0.05, 0) is 40.0 Å². The van der Waals surface area contributed by atoms with E-state index in [-0.39, 0.29) is 16.2 Å². The molecule has 0 aliphatic carbocycles. The monoisotopic (exact) mass is 606 g/mol. The fraction of sp³-hybridized carbons (Fsp3) is 0.857. The third-order valence-electron chi connectivity index (χ3n) is 4.97. The van der Waals surface area contributed by atoms with E-state index in [1.807, 2.05) is 20.8 Å². The van der Waals surface area contributed by atoms with Crippen LogP contribution in [0.2, 0.25) is 0 Å². The molecule has 0 aliphatic rings. The van der Waals surface area contributed by atoms with Gasteiger partial charge in [0.15, 0.2) is 0 Å². The molecule has 1 atom stereocenters. The molecule has 3 amide bonds. The van der Waals surface area contributed by atoms with Crippen molar-refractivity contribution in [3.63, 3.8) is 0 Å². The van der Waals surface area contributed by atoms with Gasteiger partial charge in [0, 0.05) is 42.9 Å². The van der Waals surface area contributed by atoms with Crippen LogP contribution in [0.3, 0.4) is 0 Å². The Morgan fingerprint density at radius 2 is 1.52 bits per heavy atom. The fourth-order valence-corrected chi connectivity index (χ4v) is 5.11. The molecule has 234 valence electrons. The Hall–Kier alpha value is -1.36. The van der Waals surface area contributed by atoms with Crippen molar-refractivity contribution in [2.75, 3.05) is 65.8 Å². The van der Waals surface area contributed by atoms with Crippen molar-refractivity contribution in [3.05, 3.63) is 0 Å². The van der Waals surface area contributed by atoms with Gasteiger partial charge in [0.2, 0.25) is 0 Å². The van der Waals surface area contributed by atoms with E-state index in [4.69, 9.17) is 18.9 Å². The molecule has 0 saturated heterocycles. The molecule has 0 aromatic heterocycles. The lowest BCUT2D eigenvalue weighted by Crippen LogP contribution is -2.36. The number of ether oxygens (including phenoxy) is 4. The molecule has 4 N–H and O–H groups in total. The first-order valence-corrected chi connectivity index (χ1v) is 16.5. The molecule has 0 radical (unpaired) electrons. The second kappa shape index (κ2) is 25.4. The summed E-state index contributed by atoms with van der Waals surface area (Å²) in [6.45, 7) is 19.7. The first-order valence-electron chi connectivity index (χ1n) is 14.3. The average molecular weight is 607 g/mol. The van der Waals surface area contributed by atoms with E-state index in [2.05, 4.69) is 60.8 Å². The Labute approximate surface area is 250 Å². The summed E-state index contributed by atoms with van der Waals surface area (Å²) in [4.78, 5) is 23.6. The van der Waals surface area contributed by atoms with Crippen molar-refractivity contribution in [2.45, 2.75) is 84.0 Å². The lowest BCUT2D eigenvalue weighted by Gasteiger charge is -2.24. The highest BCUT2D eigenvalue weighted by Gasteiger charge is 2.21. The molecule has 10 nitrogen and oxygen atoms in total. The van der Waals surface area contributed by atoms with Crippen molar-refractivity contribution >= 4 is 33.7 Å². The highest BCUT2D eigenvalue weighted by atomic mass is 33.1. The predicted molar refractivity (Wildman–Crippen MR) is 167 cm³/mol. The standard InChI is InChI=1S/C28H54N4O6S2/c1-23(2)11-10-14-31-26(33)30-13-8-9-17-37-25(5)39-40-28(6,7)12-18-38-27(34)32-16-20-36-22-21-35-19-15-29-24(3)4/h23-25,29H,8-9,12-22H2,1-7H3,(H,32,34)(H2,30,31,33)/t25-/m1/s1. The maximum absolute atomic E-state index is 11.9. The van der Waals surface area contributed by atoms with Gasteiger partial charge in [0.05, 0.1) is 39.6 Å². The van der Waals surface area contributed by atoms with Crippen LogP contribution in [0.5, 0.6) is 0 Å². The molecule has 40 heavy (non-hydrogen) atoms. The number of carbonyl (C=O) groups is 2. The van der Waals surface area contributed by atoms with Gasteiger partial charge in [-0.25, -0.2) is 9.59 Å². The van der Waals surface area contributed by atoms with E-state index in [1.165, 1.54) is 0 Å². The zero-order chi connectivity index (χ0) is 30.1. The second-order valence-electron chi connectivity index (χ2n) is 10.3. The highest BCUT2D eigenvalue weighted by Crippen LogP contribution is 2.40. The summed E-state index contributed by atoms with van der Waals surface area (Å²) >= 11 is 0. The Morgan fingerprint density at radius 1 is 0.825 bits per heavy atom. The molecule has 0 bridgehead atoms. The smallest absolute Gasteiger partial charge is 0.407 e. The lowest BCUT2D eigenvalue weighted by atomic mass is 10.1. The summed E-state index contributed by atoms with van der Waals surface area (Å²) in [5.41, 5.74) is 0.0337.